The lowest BCUT2D eigenvalue weighted by molar-refractivity contribution is 0.260. The Bertz CT molecular complexity index is 955. The Kier molecular flexibility index (Phi) is 4.30. The molecule has 1 saturated heterocycles. The van der Waals surface area contributed by atoms with E-state index in [9.17, 15) is 5.26 Å². The lowest BCUT2D eigenvalue weighted by Crippen LogP contribution is -2.35. The summed E-state index contributed by atoms with van der Waals surface area (Å²) in [6.45, 7) is 3.65. The molecule has 28 heavy (non-hydrogen) atoms. The van der Waals surface area contributed by atoms with Gasteiger partial charge in [-0.1, -0.05) is 43.2 Å². The van der Waals surface area contributed by atoms with Crippen molar-refractivity contribution >= 4 is 12.4 Å². The predicted molar refractivity (Wildman–Crippen MR) is 114 cm³/mol. The number of nitriles is 1. The van der Waals surface area contributed by atoms with Crippen LogP contribution < -0.4 is 0 Å². The molecule has 0 amide bonds. The Morgan fingerprint density at radius 2 is 1.82 bits per heavy atom. The first-order chi connectivity index (χ1) is 13.3. The van der Waals surface area contributed by atoms with Crippen molar-refractivity contribution in [3.05, 3.63) is 70.3 Å². The molecule has 4 aliphatic rings. The smallest absolute Gasteiger partial charge is 0.0991 e. The maximum absolute atomic E-state index is 9.50. The van der Waals surface area contributed by atoms with Crippen LogP contribution in [0.2, 0.25) is 0 Å². The molecule has 6 rings (SSSR count). The summed E-state index contributed by atoms with van der Waals surface area (Å²) in [7, 11) is 0. The highest BCUT2D eigenvalue weighted by Gasteiger charge is 2.58. The minimum atomic E-state index is 0. The van der Waals surface area contributed by atoms with E-state index >= 15 is 0 Å². The molecule has 1 spiro atoms. The Balaban J connectivity index is 0.00000171. The number of halogens is 1. The van der Waals surface area contributed by atoms with E-state index in [1.165, 1.54) is 62.9 Å². The molecule has 3 atom stereocenters. The van der Waals surface area contributed by atoms with Crippen molar-refractivity contribution in [1.82, 2.24) is 4.90 Å². The molecule has 1 heterocycles. The van der Waals surface area contributed by atoms with Crippen molar-refractivity contribution in [2.24, 2.45) is 5.92 Å². The summed E-state index contributed by atoms with van der Waals surface area (Å²) >= 11 is 0. The van der Waals surface area contributed by atoms with Crippen molar-refractivity contribution < 1.29 is 0 Å². The quantitative estimate of drug-likeness (QED) is 0.690. The van der Waals surface area contributed by atoms with Gasteiger partial charge in [-0.3, -0.25) is 0 Å². The molecule has 0 N–H and O–H groups in total. The van der Waals surface area contributed by atoms with Gasteiger partial charge >= 0.3 is 0 Å². The van der Waals surface area contributed by atoms with Crippen LogP contribution >= 0.6 is 12.4 Å². The molecular weight excluding hydrogens is 364 g/mol. The summed E-state index contributed by atoms with van der Waals surface area (Å²) in [6.07, 6.45) is 6.92. The van der Waals surface area contributed by atoms with E-state index in [-0.39, 0.29) is 17.8 Å². The van der Waals surface area contributed by atoms with E-state index in [2.05, 4.69) is 47.4 Å². The number of fused-ring (bicyclic) bond motifs is 3. The Morgan fingerprint density at radius 1 is 1.04 bits per heavy atom. The van der Waals surface area contributed by atoms with E-state index < -0.39 is 0 Å². The topological polar surface area (TPSA) is 27.0 Å². The summed E-state index contributed by atoms with van der Waals surface area (Å²) in [5.41, 5.74) is 7.16. The summed E-state index contributed by atoms with van der Waals surface area (Å²) in [5, 5.41) is 9.50. The van der Waals surface area contributed by atoms with Crippen LogP contribution in [0, 0.1) is 17.2 Å². The molecule has 2 fully saturated rings. The minimum Gasteiger partial charge on any atom is -0.302 e. The fourth-order valence-electron chi connectivity index (χ4n) is 6.95. The van der Waals surface area contributed by atoms with E-state index in [1.807, 2.05) is 6.07 Å². The Hall–Kier alpha value is -1.82. The molecule has 3 heteroatoms. The van der Waals surface area contributed by atoms with Crippen LogP contribution in [0.4, 0.5) is 0 Å². The first kappa shape index (κ1) is 18.2. The average Bonchev–Trinajstić information content (AvgIpc) is 3.41. The van der Waals surface area contributed by atoms with Crippen LogP contribution in [0.15, 0.2) is 42.5 Å². The van der Waals surface area contributed by atoms with Gasteiger partial charge < -0.3 is 4.90 Å². The van der Waals surface area contributed by atoms with Crippen molar-refractivity contribution in [2.45, 2.75) is 49.4 Å². The third-order valence-corrected chi connectivity index (χ3v) is 8.01. The number of hydrogen-bond acceptors (Lipinski definition) is 2. The van der Waals surface area contributed by atoms with Crippen molar-refractivity contribution in [1.29, 1.82) is 5.26 Å². The lowest BCUT2D eigenvalue weighted by Gasteiger charge is -2.37. The highest BCUT2D eigenvalue weighted by atomic mass is 35.5. The molecule has 2 nitrogen and oxygen atoms in total. The zero-order chi connectivity index (χ0) is 18.0. The Morgan fingerprint density at radius 3 is 2.61 bits per heavy atom. The van der Waals surface area contributed by atoms with Gasteiger partial charge in [0.1, 0.15) is 0 Å². The monoisotopic (exact) mass is 390 g/mol. The van der Waals surface area contributed by atoms with Gasteiger partial charge in [-0.15, -0.1) is 12.4 Å². The normalized spacial score (nSPS) is 30.2. The molecular formula is C25H27ClN2. The van der Waals surface area contributed by atoms with Gasteiger partial charge in [0.15, 0.2) is 0 Å². The van der Waals surface area contributed by atoms with Crippen molar-refractivity contribution in [3.8, 4) is 6.07 Å². The van der Waals surface area contributed by atoms with E-state index in [4.69, 9.17) is 0 Å². The van der Waals surface area contributed by atoms with Gasteiger partial charge in [0.25, 0.3) is 0 Å². The highest BCUT2D eigenvalue weighted by Crippen LogP contribution is 2.63. The number of benzene rings is 2. The third kappa shape index (κ3) is 2.43. The van der Waals surface area contributed by atoms with Crippen LogP contribution in [-0.4, -0.2) is 24.5 Å². The van der Waals surface area contributed by atoms with Gasteiger partial charge in [-0.25, -0.2) is 0 Å². The minimum absolute atomic E-state index is 0. The maximum Gasteiger partial charge on any atom is 0.0991 e. The van der Waals surface area contributed by atoms with Gasteiger partial charge in [-0.05, 0) is 59.6 Å². The second-order valence-corrected chi connectivity index (χ2v) is 9.35. The predicted octanol–water partition coefficient (Wildman–Crippen LogP) is 5.36. The first-order valence-electron chi connectivity index (χ1n) is 10.6. The highest BCUT2D eigenvalue weighted by molar-refractivity contribution is 5.85. The molecule has 2 aromatic rings. The van der Waals surface area contributed by atoms with Crippen molar-refractivity contribution in [2.75, 3.05) is 19.6 Å². The summed E-state index contributed by atoms with van der Waals surface area (Å²) < 4.78 is 0. The fourth-order valence-corrected chi connectivity index (χ4v) is 6.95. The summed E-state index contributed by atoms with van der Waals surface area (Å²) in [6, 6.07) is 18.1. The molecule has 2 bridgehead atoms. The lowest BCUT2D eigenvalue weighted by atomic mass is 9.65. The van der Waals surface area contributed by atoms with Crippen LogP contribution in [-0.2, 0) is 5.41 Å². The summed E-state index contributed by atoms with van der Waals surface area (Å²) in [5.74, 6) is 2.01. The zero-order valence-corrected chi connectivity index (χ0v) is 17.0. The van der Waals surface area contributed by atoms with Crippen LogP contribution in [0.3, 0.4) is 0 Å². The SMILES string of the molecule is Cl.N#Cc1ccc2c(c1)C13CC2c2ccccc2C1CN(CC1CCCC1)C3. The average molecular weight is 391 g/mol. The largest absolute Gasteiger partial charge is 0.302 e. The van der Waals surface area contributed by atoms with Gasteiger partial charge in [0, 0.05) is 36.9 Å². The second-order valence-electron chi connectivity index (χ2n) is 9.35. The molecule has 144 valence electrons. The van der Waals surface area contributed by atoms with Crippen LogP contribution in [0.5, 0.6) is 0 Å². The maximum atomic E-state index is 9.50. The van der Waals surface area contributed by atoms with E-state index in [0.29, 0.717) is 11.8 Å². The molecule has 0 aromatic heterocycles. The number of likely N-dealkylation sites (tertiary alicyclic amines) is 1. The van der Waals surface area contributed by atoms with E-state index in [1.54, 1.807) is 11.1 Å². The molecule has 2 aromatic carbocycles. The molecule has 0 radical (unpaired) electrons. The van der Waals surface area contributed by atoms with Gasteiger partial charge in [-0.2, -0.15) is 5.26 Å². The van der Waals surface area contributed by atoms with Gasteiger partial charge in [0.2, 0.25) is 0 Å². The molecule has 3 aliphatic carbocycles. The first-order valence-corrected chi connectivity index (χ1v) is 10.6. The number of nitrogens with zero attached hydrogens (tertiary/aromatic N) is 2. The molecule has 1 saturated carbocycles. The number of rotatable bonds is 2. The Labute approximate surface area is 174 Å². The molecule has 3 unspecified atom stereocenters. The standard InChI is InChI=1S/C25H26N2.ClH/c26-13-18-9-10-21-22-12-25(23(21)11-18)16-27(14-17-5-1-2-6-17)15-24(25)20-8-4-3-7-19(20)22;/h3-4,7-11,17,22,24H,1-2,5-6,12,14-16H2;1H. The van der Waals surface area contributed by atoms with Crippen LogP contribution in [0.1, 0.15) is 71.8 Å². The third-order valence-electron chi connectivity index (χ3n) is 8.01. The number of hydrogen-bond donors (Lipinski definition) is 0. The van der Waals surface area contributed by atoms with Gasteiger partial charge in [0.05, 0.1) is 11.6 Å². The molecule has 1 aliphatic heterocycles. The summed E-state index contributed by atoms with van der Waals surface area (Å²) in [4.78, 5) is 2.77. The van der Waals surface area contributed by atoms with Crippen LogP contribution in [0.25, 0.3) is 0 Å². The van der Waals surface area contributed by atoms with Crippen molar-refractivity contribution in [3.63, 3.8) is 0 Å². The second kappa shape index (κ2) is 6.61. The zero-order valence-electron chi connectivity index (χ0n) is 16.2. The fraction of sp³-hybridized carbons (Fsp3) is 0.480. The van der Waals surface area contributed by atoms with E-state index in [0.717, 1.165) is 11.5 Å².